The van der Waals surface area contributed by atoms with E-state index >= 15 is 0 Å². The van der Waals surface area contributed by atoms with E-state index in [0.29, 0.717) is 24.6 Å². The van der Waals surface area contributed by atoms with E-state index in [-0.39, 0.29) is 0 Å². The highest BCUT2D eigenvalue weighted by atomic mass is 16.5. The Morgan fingerprint density at radius 3 is 2.84 bits per heavy atom. The molecule has 2 atom stereocenters. The van der Waals surface area contributed by atoms with Crippen molar-refractivity contribution in [2.75, 3.05) is 24.6 Å². The van der Waals surface area contributed by atoms with Crippen LogP contribution in [0.2, 0.25) is 0 Å². The van der Waals surface area contributed by atoms with Crippen LogP contribution in [0.5, 0.6) is 5.88 Å². The van der Waals surface area contributed by atoms with Crippen molar-refractivity contribution in [2.45, 2.75) is 45.7 Å². The fourth-order valence-corrected chi connectivity index (χ4v) is 2.50. The molecular formula is C14H24N4O. The summed E-state index contributed by atoms with van der Waals surface area (Å²) in [6.45, 7) is 9.05. The van der Waals surface area contributed by atoms with Gasteiger partial charge in [-0.3, -0.25) is 0 Å². The minimum absolute atomic E-state index is 0.493. The molecule has 0 saturated carbocycles. The molecule has 1 N–H and O–H groups in total. The molecule has 1 aliphatic heterocycles. The van der Waals surface area contributed by atoms with E-state index in [9.17, 15) is 0 Å². The Balaban J connectivity index is 2.18. The molecule has 5 nitrogen and oxygen atoms in total. The summed E-state index contributed by atoms with van der Waals surface area (Å²) in [4.78, 5) is 10.9. The van der Waals surface area contributed by atoms with Crippen molar-refractivity contribution in [3.8, 4) is 5.88 Å². The number of nitrogens with zero attached hydrogens (tertiary/aromatic N) is 3. The largest absolute Gasteiger partial charge is 0.478 e. The number of anilines is 1. The van der Waals surface area contributed by atoms with Crippen LogP contribution in [-0.2, 0) is 0 Å². The highest BCUT2D eigenvalue weighted by molar-refractivity contribution is 5.43. The molecule has 0 aliphatic carbocycles. The molecule has 0 radical (unpaired) electrons. The number of nitrogens with one attached hydrogen (secondary N) is 1. The normalized spacial score (nSPS) is 23.4. The second-order valence-electron chi connectivity index (χ2n) is 4.88. The van der Waals surface area contributed by atoms with Gasteiger partial charge in [-0.2, -0.15) is 0 Å². The molecule has 1 aromatic rings. The summed E-state index contributed by atoms with van der Waals surface area (Å²) in [7, 11) is 0. The van der Waals surface area contributed by atoms with Crippen molar-refractivity contribution in [2.24, 2.45) is 0 Å². The fraction of sp³-hybridized carbons (Fsp3) is 0.714. The van der Waals surface area contributed by atoms with Gasteiger partial charge in [0.2, 0.25) is 5.88 Å². The molecule has 0 spiro atoms. The van der Waals surface area contributed by atoms with Gasteiger partial charge in [0.1, 0.15) is 12.1 Å². The third-order valence-corrected chi connectivity index (χ3v) is 3.68. The minimum atomic E-state index is 0.493. The first-order valence-electron chi connectivity index (χ1n) is 7.23. The summed E-state index contributed by atoms with van der Waals surface area (Å²) < 4.78 is 5.47. The lowest BCUT2D eigenvalue weighted by atomic mass is 10.1. The Labute approximate surface area is 115 Å². The quantitative estimate of drug-likeness (QED) is 0.879. The van der Waals surface area contributed by atoms with Gasteiger partial charge in [0.05, 0.1) is 6.61 Å². The first kappa shape index (κ1) is 14.1. The van der Waals surface area contributed by atoms with Crippen molar-refractivity contribution < 1.29 is 4.74 Å². The molecule has 2 unspecified atom stereocenters. The minimum Gasteiger partial charge on any atom is -0.478 e. The summed E-state index contributed by atoms with van der Waals surface area (Å²) in [5, 5.41) is 3.59. The Hall–Kier alpha value is -1.36. The average Bonchev–Trinajstić information content (AvgIpc) is 2.47. The van der Waals surface area contributed by atoms with Gasteiger partial charge >= 0.3 is 0 Å². The molecule has 0 bridgehead atoms. The zero-order chi connectivity index (χ0) is 13.7. The standard InChI is InChI=1S/C14H24N4O/c1-4-11-9-18(12(5-2)8-15-11)13-7-14(19-6-3)17-10-16-13/h7,10-12,15H,4-6,8-9H2,1-3H3. The molecule has 19 heavy (non-hydrogen) atoms. The van der Waals surface area contributed by atoms with E-state index in [1.54, 1.807) is 6.33 Å². The van der Waals surface area contributed by atoms with Crippen molar-refractivity contribution in [1.82, 2.24) is 15.3 Å². The van der Waals surface area contributed by atoms with Gasteiger partial charge in [-0.1, -0.05) is 13.8 Å². The molecule has 1 saturated heterocycles. The molecule has 1 aromatic heterocycles. The topological polar surface area (TPSA) is 50.3 Å². The Morgan fingerprint density at radius 2 is 2.16 bits per heavy atom. The van der Waals surface area contributed by atoms with Crippen LogP contribution in [0.3, 0.4) is 0 Å². The van der Waals surface area contributed by atoms with E-state index in [0.717, 1.165) is 31.7 Å². The number of hydrogen-bond donors (Lipinski definition) is 1. The Morgan fingerprint density at radius 1 is 1.32 bits per heavy atom. The molecule has 0 aromatic carbocycles. The zero-order valence-corrected chi connectivity index (χ0v) is 12.1. The molecular weight excluding hydrogens is 240 g/mol. The maximum atomic E-state index is 5.47. The molecule has 1 fully saturated rings. The van der Waals surface area contributed by atoms with Crippen molar-refractivity contribution in [3.63, 3.8) is 0 Å². The predicted molar refractivity (Wildman–Crippen MR) is 76.7 cm³/mol. The first-order valence-corrected chi connectivity index (χ1v) is 7.23. The van der Waals surface area contributed by atoms with E-state index in [1.165, 1.54) is 0 Å². The van der Waals surface area contributed by atoms with Gasteiger partial charge in [0, 0.05) is 31.2 Å². The highest BCUT2D eigenvalue weighted by Crippen LogP contribution is 2.22. The summed E-state index contributed by atoms with van der Waals surface area (Å²) in [6, 6.07) is 2.98. The number of aromatic nitrogens is 2. The van der Waals surface area contributed by atoms with Crippen LogP contribution in [0.15, 0.2) is 12.4 Å². The summed E-state index contributed by atoms with van der Waals surface area (Å²) >= 11 is 0. The van der Waals surface area contributed by atoms with Crippen molar-refractivity contribution in [1.29, 1.82) is 0 Å². The van der Waals surface area contributed by atoms with Crippen LogP contribution >= 0.6 is 0 Å². The Bertz CT molecular complexity index is 399. The van der Waals surface area contributed by atoms with E-state index in [2.05, 4.69) is 34.0 Å². The molecule has 2 heterocycles. The molecule has 2 rings (SSSR count). The monoisotopic (exact) mass is 264 g/mol. The number of ether oxygens (including phenoxy) is 1. The maximum absolute atomic E-state index is 5.47. The van der Waals surface area contributed by atoms with Crippen LogP contribution in [0.1, 0.15) is 33.6 Å². The van der Waals surface area contributed by atoms with Crippen LogP contribution in [0.25, 0.3) is 0 Å². The van der Waals surface area contributed by atoms with Crippen molar-refractivity contribution in [3.05, 3.63) is 12.4 Å². The molecule has 106 valence electrons. The van der Waals surface area contributed by atoms with Gasteiger partial charge in [-0.15, -0.1) is 0 Å². The lowest BCUT2D eigenvalue weighted by molar-refractivity contribution is 0.325. The van der Waals surface area contributed by atoms with Gasteiger partial charge in [-0.25, -0.2) is 9.97 Å². The van der Waals surface area contributed by atoms with Gasteiger partial charge in [-0.05, 0) is 19.8 Å². The highest BCUT2D eigenvalue weighted by Gasteiger charge is 2.27. The lowest BCUT2D eigenvalue weighted by Crippen LogP contribution is -2.56. The number of hydrogen-bond acceptors (Lipinski definition) is 5. The van der Waals surface area contributed by atoms with Crippen LogP contribution < -0.4 is 15.0 Å². The summed E-state index contributed by atoms with van der Waals surface area (Å²) in [5.74, 6) is 1.64. The van der Waals surface area contributed by atoms with Gasteiger partial charge in [0.15, 0.2) is 0 Å². The van der Waals surface area contributed by atoms with Crippen molar-refractivity contribution >= 4 is 5.82 Å². The smallest absolute Gasteiger partial charge is 0.218 e. The average molecular weight is 264 g/mol. The maximum Gasteiger partial charge on any atom is 0.218 e. The third-order valence-electron chi connectivity index (χ3n) is 3.68. The second-order valence-corrected chi connectivity index (χ2v) is 4.88. The van der Waals surface area contributed by atoms with Crippen LogP contribution in [-0.4, -0.2) is 41.7 Å². The molecule has 5 heteroatoms. The predicted octanol–water partition coefficient (Wildman–Crippen LogP) is 1.84. The van der Waals surface area contributed by atoms with Crippen LogP contribution in [0.4, 0.5) is 5.82 Å². The number of piperazine rings is 1. The zero-order valence-electron chi connectivity index (χ0n) is 12.1. The number of rotatable bonds is 5. The lowest BCUT2D eigenvalue weighted by Gasteiger charge is -2.40. The van der Waals surface area contributed by atoms with E-state index < -0.39 is 0 Å². The SMILES string of the molecule is CCOc1cc(N2CC(CC)NCC2CC)ncn1. The summed E-state index contributed by atoms with van der Waals surface area (Å²) in [5.41, 5.74) is 0. The van der Waals surface area contributed by atoms with E-state index in [1.807, 2.05) is 13.0 Å². The molecule has 1 aliphatic rings. The van der Waals surface area contributed by atoms with Gasteiger partial charge in [0.25, 0.3) is 0 Å². The van der Waals surface area contributed by atoms with Crippen LogP contribution in [0, 0.1) is 0 Å². The third kappa shape index (κ3) is 3.35. The Kier molecular flexibility index (Phi) is 4.96. The van der Waals surface area contributed by atoms with Gasteiger partial charge < -0.3 is 15.0 Å². The van der Waals surface area contributed by atoms with E-state index in [4.69, 9.17) is 4.74 Å². The summed E-state index contributed by atoms with van der Waals surface area (Å²) in [6.07, 6.45) is 3.84. The second kappa shape index (κ2) is 6.70. The first-order chi connectivity index (χ1) is 9.28. The fourth-order valence-electron chi connectivity index (χ4n) is 2.50. The molecule has 0 amide bonds.